The van der Waals surface area contributed by atoms with E-state index >= 15 is 0 Å². The molecule has 1 heterocycles. The highest BCUT2D eigenvalue weighted by atomic mass is 35.5. The molecule has 4 heteroatoms. The number of rotatable bonds is 2. The van der Waals surface area contributed by atoms with Crippen LogP contribution < -0.4 is 4.90 Å². The quantitative estimate of drug-likeness (QED) is 0.799. The number of aromatic nitrogens is 1. The normalized spacial score (nSPS) is 15.3. The maximum Gasteiger partial charge on any atom is 0.128 e. The Morgan fingerprint density at radius 1 is 1.20 bits per heavy atom. The van der Waals surface area contributed by atoms with Gasteiger partial charge in [0.2, 0.25) is 0 Å². The van der Waals surface area contributed by atoms with Gasteiger partial charge in [0.1, 0.15) is 5.82 Å². The molecule has 0 saturated heterocycles. The van der Waals surface area contributed by atoms with Crippen LogP contribution in [-0.2, 0) is 0 Å². The Balaban J connectivity index is 0.000000980. The van der Waals surface area contributed by atoms with E-state index in [4.69, 9.17) is 0 Å². The third kappa shape index (κ3) is 3.54. The summed E-state index contributed by atoms with van der Waals surface area (Å²) in [5.41, 5.74) is 0. The summed E-state index contributed by atoms with van der Waals surface area (Å²) in [5.74, 6) is 1.11. The molecule has 0 spiro atoms. The molecule has 1 aromatic rings. The van der Waals surface area contributed by atoms with E-state index in [0.717, 1.165) is 11.9 Å². The number of hydrogen-bond acceptors (Lipinski definition) is 2. The second-order valence-corrected chi connectivity index (χ2v) is 3.74. The number of hydrogen-bond donors (Lipinski definition) is 0. The lowest BCUT2D eigenvalue weighted by Gasteiger charge is -2.24. The zero-order chi connectivity index (χ0) is 9.10. The van der Waals surface area contributed by atoms with Crippen LogP contribution in [0.1, 0.15) is 25.7 Å². The first-order valence-electron chi connectivity index (χ1n) is 5.02. The molecule has 1 saturated carbocycles. The second-order valence-electron chi connectivity index (χ2n) is 3.74. The molecule has 86 valence electrons. The van der Waals surface area contributed by atoms with E-state index in [9.17, 15) is 0 Å². The molecule has 0 aliphatic heterocycles. The molecule has 0 amide bonds. The predicted molar refractivity (Wildman–Crippen MR) is 69.4 cm³/mol. The molecular formula is C11H18Cl2N2. The van der Waals surface area contributed by atoms with Gasteiger partial charge in [-0.3, -0.25) is 0 Å². The van der Waals surface area contributed by atoms with Crippen LogP contribution in [0.25, 0.3) is 0 Å². The van der Waals surface area contributed by atoms with Crippen molar-refractivity contribution in [1.29, 1.82) is 0 Å². The largest absolute Gasteiger partial charge is 0.357 e. The Hall–Kier alpha value is -0.470. The summed E-state index contributed by atoms with van der Waals surface area (Å²) in [7, 11) is 2.15. The van der Waals surface area contributed by atoms with Gasteiger partial charge in [-0.25, -0.2) is 4.98 Å². The van der Waals surface area contributed by atoms with Gasteiger partial charge in [-0.1, -0.05) is 18.9 Å². The van der Waals surface area contributed by atoms with Crippen LogP contribution in [0.2, 0.25) is 0 Å². The predicted octanol–water partition coefficient (Wildman–Crippen LogP) is 3.30. The van der Waals surface area contributed by atoms with Crippen molar-refractivity contribution in [3.8, 4) is 0 Å². The van der Waals surface area contributed by atoms with Crippen LogP contribution in [-0.4, -0.2) is 18.1 Å². The number of pyridine rings is 1. The Kier molecular flexibility index (Phi) is 6.70. The highest BCUT2D eigenvalue weighted by Crippen LogP contribution is 2.25. The lowest BCUT2D eigenvalue weighted by molar-refractivity contribution is 0.646. The number of nitrogens with zero attached hydrogens (tertiary/aromatic N) is 2. The van der Waals surface area contributed by atoms with Gasteiger partial charge in [0.25, 0.3) is 0 Å². The maximum absolute atomic E-state index is 4.35. The molecule has 1 aromatic heterocycles. The van der Waals surface area contributed by atoms with Crippen molar-refractivity contribution in [1.82, 2.24) is 4.98 Å². The molecule has 0 aromatic carbocycles. The van der Waals surface area contributed by atoms with Gasteiger partial charge < -0.3 is 4.90 Å². The minimum atomic E-state index is 0. The van der Waals surface area contributed by atoms with Crippen molar-refractivity contribution in [2.24, 2.45) is 0 Å². The Morgan fingerprint density at radius 2 is 1.87 bits per heavy atom. The average Bonchev–Trinajstić information content (AvgIpc) is 2.71. The Bertz CT molecular complexity index is 261. The van der Waals surface area contributed by atoms with Crippen molar-refractivity contribution >= 4 is 30.6 Å². The number of halogens is 2. The van der Waals surface area contributed by atoms with Gasteiger partial charge >= 0.3 is 0 Å². The smallest absolute Gasteiger partial charge is 0.128 e. The summed E-state index contributed by atoms with van der Waals surface area (Å²) in [6, 6.07) is 6.81. The zero-order valence-corrected chi connectivity index (χ0v) is 10.6. The molecule has 0 bridgehead atoms. The Labute approximate surface area is 104 Å². The fourth-order valence-electron chi connectivity index (χ4n) is 2.04. The molecule has 1 aliphatic carbocycles. The SMILES string of the molecule is CN(c1ccccn1)C1CCCC1.Cl.Cl. The van der Waals surface area contributed by atoms with Gasteiger partial charge in [-0.2, -0.15) is 0 Å². The molecule has 1 fully saturated rings. The van der Waals surface area contributed by atoms with Gasteiger partial charge in [-0.05, 0) is 25.0 Å². The van der Waals surface area contributed by atoms with Crippen molar-refractivity contribution in [2.45, 2.75) is 31.7 Å². The third-order valence-electron chi connectivity index (χ3n) is 2.88. The summed E-state index contributed by atoms with van der Waals surface area (Å²) in [6.45, 7) is 0. The summed E-state index contributed by atoms with van der Waals surface area (Å²) >= 11 is 0. The summed E-state index contributed by atoms with van der Waals surface area (Å²) in [4.78, 5) is 6.66. The van der Waals surface area contributed by atoms with E-state index in [2.05, 4.69) is 23.0 Å². The number of anilines is 1. The average molecular weight is 249 g/mol. The highest BCUT2D eigenvalue weighted by molar-refractivity contribution is 5.85. The topological polar surface area (TPSA) is 16.1 Å². The first-order chi connectivity index (χ1) is 6.38. The second kappa shape index (κ2) is 6.91. The van der Waals surface area contributed by atoms with Crippen molar-refractivity contribution < 1.29 is 0 Å². The molecule has 1 aliphatic rings. The van der Waals surface area contributed by atoms with Crippen LogP contribution in [0.15, 0.2) is 24.4 Å². The molecule has 0 atom stereocenters. The first kappa shape index (κ1) is 14.5. The molecule has 15 heavy (non-hydrogen) atoms. The monoisotopic (exact) mass is 248 g/mol. The molecule has 0 unspecified atom stereocenters. The fraction of sp³-hybridized carbons (Fsp3) is 0.545. The van der Waals surface area contributed by atoms with Crippen LogP contribution >= 0.6 is 24.8 Å². The van der Waals surface area contributed by atoms with E-state index in [1.807, 2.05) is 18.3 Å². The van der Waals surface area contributed by atoms with Gasteiger partial charge in [0, 0.05) is 19.3 Å². The minimum Gasteiger partial charge on any atom is -0.357 e. The van der Waals surface area contributed by atoms with E-state index in [-0.39, 0.29) is 24.8 Å². The van der Waals surface area contributed by atoms with E-state index < -0.39 is 0 Å². The molecule has 2 nitrogen and oxygen atoms in total. The minimum absolute atomic E-state index is 0. The lowest BCUT2D eigenvalue weighted by Crippen LogP contribution is -2.29. The van der Waals surface area contributed by atoms with E-state index in [1.54, 1.807) is 0 Å². The summed E-state index contributed by atoms with van der Waals surface area (Å²) in [5, 5.41) is 0. The van der Waals surface area contributed by atoms with Gasteiger partial charge in [0.05, 0.1) is 0 Å². The van der Waals surface area contributed by atoms with E-state index in [0.29, 0.717) is 0 Å². The van der Waals surface area contributed by atoms with Crippen LogP contribution in [0.4, 0.5) is 5.82 Å². The van der Waals surface area contributed by atoms with Crippen LogP contribution in [0.3, 0.4) is 0 Å². The molecule has 2 rings (SSSR count). The van der Waals surface area contributed by atoms with Crippen molar-refractivity contribution in [3.63, 3.8) is 0 Å². The standard InChI is InChI=1S/C11H16N2.2ClH/c1-13(10-6-2-3-7-10)11-8-4-5-9-12-11;;/h4-5,8-10H,2-3,6-7H2,1H3;2*1H. The van der Waals surface area contributed by atoms with Crippen molar-refractivity contribution in [2.75, 3.05) is 11.9 Å². The summed E-state index contributed by atoms with van der Waals surface area (Å²) < 4.78 is 0. The van der Waals surface area contributed by atoms with Gasteiger partial charge in [0.15, 0.2) is 0 Å². The fourth-order valence-corrected chi connectivity index (χ4v) is 2.04. The highest BCUT2D eigenvalue weighted by Gasteiger charge is 2.19. The first-order valence-corrected chi connectivity index (χ1v) is 5.02. The van der Waals surface area contributed by atoms with Crippen LogP contribution in [0.5, 0.6) is 0 Å². The molecular weight excluding hydrogens is 231 g/mol. The van der Waals surface area contributed by atoms with E-state index in [1.165, 1.54) is 25.7 Å². The maximum atomic E-state index is 4.35. The molecule has 0 N–H and O–H groups in total. The van der Waals surface area contributed by atoms with Crippen molar-refractivity contribution in [3.05, 3.63) is 24.4 Å². The molecule has 0 radical (unpaired) electrons. The third-order valence-corrected chi connectivity index (χ3v) is 2.88. The Morgan fingerprint density at radius 3 is 2.40 bits per heavy atom. The zero-order valence-electron chi connectivity index (χ0n) is 8.93. The van der Waals surface area contributed by atoms with Gasteiger partial charge in [-0.15, -0.1) is 24.8 Å². The summed E-state index contributed by atoms with van der Waals surface area (Å²) in [6.07, 6.45) is 7.27. The lowest BCUT2D eigenvalue weighted by atomic mass is 10.2. The van der Waals surface area contributed by atoms with Crippen LogP contribution in [0, 0.1) is 0 Å².